The van der Waals surface area contributed by atoms with Crippen LogP contribution in [-0.2, 0) is 0 Å². The van der Waals surface area contributed by atoms with Gasteiger partial charge >= 0.3 is 0 Å². The van der Waals surface area contributed by atoms with Crippen LogP contribution in [0.5, 0.6) is 5.75 Å². The first-order chi connectivity index (χ1) is 9.86. The number of methoxy groups -OCH3 is 1. The molecule has 1 unspecified atom stereocenters. The molecule has 0 radical (unpaired) electrons. The highest BCUT2D eigenvalue weighted by Gasteiger charge is 2.22. The van der Waals surface area contributed by atoms with Crippen molar-refractivity contribution in [2.24, 2.45) is 5.73 Å². The third-order valence-corrected chi connectivity index (χ3v) is 5.56. The van der Waals surface area contributed by atoms with Crippen LogP contribution < -0.4 is 10.5 Å². The van der Waals surface area contributed by atoms with E-state index >= 15 is 0 Å². The predicted molar refractivity (Wildman–Crippen MR) is 100 cm³/mol. The lowest BCUT2D eigenvalue weighted by Gasteiger charge is -2.22. The highest BCUT2D eigenvalue weighted by molar-refractivity contribution is 14.1. The van der Waals surface area contributed by atoms with Gasteiger partial charge in [0.25, 0.3) is 0 Å². The van der Waals surface area contributed by atoms with Crippen LogP contribution in [0.1, 0.15) is 28.3 Å². The van der Waals surface area contributed by atoms with E-state index in [0.29, 0.717) is 5.02 Å². The second kappa shape index (κ2) is 6.86. The smallest absolute Gasteiger partial charge is 0.127 e. The highest BCUT2D eigenvalue weighted by Crippen LogP contribution is 2.39. The van der Waals surface area contributed by atoms with Gasteiger partial charge in [-0.05, 0) is 77.4 Å². The van der Waals surface area contributed by atoms with Crippen LogP contribution in [0, 0.1) is 17.4 Å². The van der Waals surface area contributed by atoms with Crippen molar-refractivity contribution >= 4 is 50.1 Å². The molecular weight excluding hydrogens is 464 g/mol. The summed E-state index contributed by atoms with van der Waals surface area (Å²) in [6.07, 6.45) is 0. The van der Waals surface area contributed by atoms with Crippen molar-refractivity contribution < 1.29 is 4.74 Å². The second-order valence-corrected chi connectivity index (χ2v) is 7.34. The lowest BCUT2D eigenvalue weighted by atomic mass is 9.93. The van der Waals surface area contributed by atoms with Crippen molar-refractivity contribution in [1.82, 2.24) is 0 Å². The van der Waals surface area contributed by atoms with E-state index in [1.807, 2.05) is 38.1 Å². The standard InChI is InChI=1S/C16H16BrClINO/c1-8-6-12(17)9(2)14(16(8)21-3)15(20)11-7-10(18)4-5-13(11)19/h4-7,15H,20H2,1-3H3. The number of benzene rings is 2. The van der Waals surface area contributed by atoms with Crippen LogP contribution in [0.2, 0.25) is 5.02 Å². The zero-order valence-electron chi connectivity index (χ0n) is 12.0. The molecule has 0 spiro atoms. The number of aryl methyl sites for hydroxylation is 1. The Kier molecular flexibility index (Phi) is 5.57. The normalized spacial score (nSPS) is 12.3. The van der Waals surface area contributed by atoms with Gasteiger partial charge in [-0.1, -0.05) is 27.5 Å². The number of nitrogens with two attached hydrogens (primary N) is 1. The molecule has 0 amide bonds. The number of hydrogen-bond donors (Lipinski definition) is 1. The maximum atomic E-state index is 6.54. The van der Waals surface area contributed by atoms with Crippen LogP contribution in [0.4, 0.5) is 0 Å². The maximum Gasteiger partial charge on any atom is 0.127 e. The second-order valence-electron chi connectivity index (χ2n) is 4.89. The first kappa shape index (κ1) is 17.1. The lowest BCUT2D eigenvalue weighted by molar-refractivity contribution is 0.404. The van der Waals surface area contributed by atoms with Crippen LogP contribution in [-0.4, -0.2) is 7.11 Å². The number of hydrogen-bond acceptors (Lipinski definition) is 2. The molecule has 112 valence electrons. The van der Waals surface area contributed by atoms with E-state index in [-0.39, 0.29) is 6.04 Å². The molecule has 5 heteroatoms. The third-order valence-electron chi connectivity index (χ3n) is 3.52. The molecule has 2 rings (SSSR count). The summed E-state index contributed by atoms with van der Waals surface area (Å²) in [7, 11) is 1.68. The molecule has 0 bridgehead atoms. The Morgan fingerprint density at radius 1 is 1.29 bits per heavy atom. The Balaban J connectivity index is 2.68. The van der Waals surface area contributed by atoms with Crippen molar-refractivity contribution in [3.63, 3.8) is 0 Å². The fraction of sp³-hybridized carbons (Fsp3) is 0.250. The molecule has 0 aliphatic heterocycles. The van der Waals surface area contributed by atoms with Gasteiger partial charge in [-0.3, -0.25) is 0 Å². The molecule has 0 heterocycles. The number of ether oxygens (including phenoxy) is 1. The van der Waals surface area contributed by atoms with Crippen LogP contribution in [0.25, 0.3) is 0 Å². The third kappa shape index (κ3) is 3.38. The van der Waals surface area contributed by atoms with Crippen LogP contribution in [0.15, 0.2) is 28.7 Å². The van der Waals surface area contributed by atoms with Gasteiger partial charge in [0, 0.05) is 18.6 Å². The first-order valence-electron chi connectivity index (χ1n) is 6.41. The summed E-state index contributed by atoms with van der Waals surface area (Å²) in [6, 6.07) is 7.53. The number of rotatable bonds is 3. The zero-order valence-corrected chi connectivity index (χ0v) is 16.5. The molecule has 1 atom stereocenters. The van der Waals surface area contributed by atoms with Crippen LogP contribution in [0.3, 0.4) is 0 Å². The maximum absolute atomic E-state index is 6.54. The molecule has 2 N–H and O–H groups in total. The van der Waals surface area contributed by atoms with Crippen molar-refractivity contribution in [3.05, 3.63) is 59.6 Å². The summed E-state index contributed by atoms with van der Waals surface area (Å²) in [5.41, 5.74) is 10.7. The Morgan fingerprint density at radius 3 is 2.57 bits per heavy atom. The van der Waals surface area contributed by atoms with Crippen LogP contribution >= 0.6 is 50.1 Å². The molecule has 0 aliphatic carbocycles. The van der Waals surface area contributed by atoms with Crippen molar-refractivity contribution in [2.45, 2.75) is 19.9 Å². The Hall–Kier alpha value is -0.300. The molecule has 0 saturated carbocycles. The summed E-state index contributed by atoms with van der Waals surface area (Å²) in [4.78, 5) is 0. The molecule has 0 saturated heterocycles. The SMILES string of the molecule is COc1c(C)cc(Br)c(C)c1C(N)c1cc(Cl)ccc1I. The first-order valence-corrected chi connectivity index (χ1v) is 8.66. The lowest BCUT2D eigenvalue weighted by Crippen LogP contribution is -2.17. The molecule has 0 fully saturated rings. The van der Waals surface area contributed by atoms with Gasteiger partial charge in [-0.2, -0.15) is 0 Å². The Morgan fingerprint density at radius 2 is 1.95 bits per heavy atom. The number of halogens is 3. The molecule has 2 aromatic carbocycles. The van der Waals surface area contributed by atoms with E-state index in [9.17, 15) is 0 Å². The fourth-order valence-electron chi connectivity index (χ4n) is 2.43. The minimum Gasteiger partial charge on any atom is -0.496 e. The van der Waals surface area contributed by atoms with Gasteiger partial charge in [-0.15, -0.1) is 0 Å². The van der Waals surface area contributed by atoms with Crippen molar-refractivity contribution in [2.75, 3.05) is 7.11 Å². The summed E-state index contributed by atoms with van der Waals surface area (Å²) in [5, 5.41) is 0.684. The molecule has 0 aromatic heterocycles. The molecule has 21 heavy (non-hydrogen) atoms. The summed E-state index contributed by atoms with van der Waals surface area (Å²) >= 11 is 12.0. The quantitative estimate of drug-likeness (QED) is 0.599. The average molecular weight is 481 g/mol. The van der Waals surface area contributed by atoms with E-state index in [1.165, 1.54) is 0 Å². The molecule has 0 aliphatic rings. The summed E-state index contributed by atoms with van der Waals surface area (Å²) in [5.74, 6) is 0.832. The fourth-order valence-corrected chi connectivity index (χ4v) is 3.84. The van der Waals surface area contributed by atoms with Gasteiger partial charge < -0.3 is 10.5 Å². The van der Waals surface area contributed by atoms with Gasteiger partial charge in [-0.25, -0.2) is 0 Å². The average Bonchev–Trinajstić information content (AvgIpc) is 2.44. The Labute approximate surface area is 152 Å². The van der Waals surface area contributed by atoms with E-state index < -0.39 is 0 Å². The summed E-state index contributed by atoms with van der Waals surface area (Å²) in [6.45, 7) is 4.06. The van der Waals surface area contributed by atoms with Gasteiger partial charge in [0.2, 0.25) is 0 Å². The molecule has 2 nitrogen and oxygen atoms in total. The minimum absolute atomic E-state index is 0.290. The Bertz CT molecular complexity index is 690. The van der Waals surface area contributed by atoms with Gasteiger partial charge in [0.15, 0.2) is 0 Å². The summed E-state index contributed by atoms with van der Waals surface area (Å²) < 4.78 is 7.71. The monoisotopic (exact) mass is 479 g/mol. The van der Waals surface area contributed by atoms with Crippen molar-refractivity contribution in [1.29, 1.82) is 0 Å². The highest BCUT2D eigenvalue weighted by atomic mass is 127. The van der Waals surface area contributed by atoms with Gasteiger partial charge in [0.05, 0.1) is 13.2 Å². The van der Waals surface area contributed by atoms with E-state index in [1.54, 1.807) is 7.11 Å². The van der Waals surface area contributed by atoms with E-state index in [4.69, 9.17) is 22.1 Å². The van der Waals surface area contributed by atoms with Crippen molar-refractivity contribution in [3.8, 4) is 5.75 Å². The minimum atomic E-state index is -0.290. The topological polar surface area (TPSA) is 35.2 Å². The molecular formula is C16H16BrClINO. The van der Waals surface area contributed by atoms with E-state index in [0.717, 1.165) is 36.0 Å². The van der Waals surface area contributed by atoms with Gasteiger partial charge in [0.1, 0.15) is 5.75 Å². The molecule has 2 aromatic rings. The largest absolute Gasteiger partial charge is 0.496 e. The predicted octanol–water partition coefficient (Wildman–Crippen LogP) is 5.38. The van der Waals surface area contributed by atoms with E-state index in [2.05, 4.69) is 38.5 Å². The zero-order chi connectivity index (χ0) is 15.7.